The molecule has 0 amide bonds. The lowest BCUT2D eigenvalue weighted by atomic mass is 9.92. The third-order valence-corrected chi connectivity index (χ3v) is 4.19. The largest absolute Gasteiger partial charge is 0.468 e. The number of nitrogens with two attached hydrogens (primary N) is 1. The molecular formula is C15H26N2O. The summed E-state index contributed by atoms with van der Waals surface area (Å²) in [4.78, 5) is 2.58. The minimum absolute atomic E-state index is 0.498. The van der Waals surface area contributed by atoms with Crippen molar-refractivity contribution in [3.05, 3.63) is 24.2 Å². The molecule has 2 N–H and O–H groups in total. The van der Waals surface area contributed by atoms with Crippen LogP contribution in [0.25, 0.3) is 0 Å². The lowest BCUT2D eigenvalue weighted by molar-refractivity contribution is 0.114. The highest BCUT2D eigenvalue weighted by atomic mass is 16.3. The normalized spacial score (nSPS) is 17.6. The van der Waals surface area contributed by atoms with Gasteiger partial charge in [0.25, 0.3) is 0 Å². The van der Waals surface area contributed by atoms with Gasteiger partial charge < -0.3 is 10.2 Å². The summed E-state index contributed by atoms with van der Waals surface area (Å²) in [6, 6.07) is 5.26. The predicted octanol–water partition coefficient (Wildman–Crippen LogP) is 3.01. The molecule has 1 fully saturated rings. The van der Waals surface area contributed by atoms with Crippen molar-refractivity contribution >= 4 is 0 Å². The Labute approximate surface area is 110 Å². The molecule has 0 radical (unpaired) electrons. The van der Waals surface area contributed by atoms with Crippen LogP contribution in [0.5, 0.6) is 0 Å². The summed E-state index contributed by atoms with van der Waals surface area (Å²) in [5.41, 5.74) is 6.05. The van der Waals surface area contributed by atoms with Crippen LogP contribution in [0.4, 0.5) is 0 Å². The standard InChI is InChI=1S/C15H26N2O/c1-3-12(4-2)15(10-16)17(13-7-8-13)11-14-6-5-9-18-14/h5-6,9,12-13,15H,3-4,7-8,10-11,16H2,1-2H3. The lowest BCUT2D eigenvalue weighted by Gasteiger charge is -2.35. The molecule has 1 unspecified atom stereocenters. The summed E-state index contributed by atoms with van der Waals surface area (Å²) in [7, 11) is 0. The number of furan rings is 1. The molecule has 0 spiro atoms. The summed E-state index contributed by atoms with van der Waals surface area (Å²) in [6.07, 6.45) is 6.81. The summed E-state index contributed by atoms with van der Waals surface area (Å²) < 4.78 is 5.50. The Kier molecular flexibility index (Phi) is 4.84. The summed E-state index contributed by atoms with van der Waals surface area (Å²) in [5, 5.41) is 0. The Hall–Kier alpha value is -0.800. The predicted molar refractivity (Wildman–Crippen MR) is 74.2 cm³/mol. The Morgan fingerprint density at radius 3 is 2.56 bits per heavy atom. The molecule has 1 aliphatic carbocycles. The smallest absolute Gasteiger partial charge is 0.117 e. The fourth-order valence-corrected chi connectivity index (χ4v) is 2.94. The van der Waals surface area contributed by atoms with Crippen LogP contribution in [0.2, 0.25) is 0 Å². The number of hydrogen-bond acceptors (Lipinski definition) is 3. The quantitative estimate of drug-likeness (QED) is 0.771. The van der Waals surface area contributed by atoms with Crippen LogP contribution in [0.15, 0.2) is 22.8 Å². The van der Waals surface area contributed by atoms with E-state index in [1.165, 1.54) is 25.7 Å². The van der Waals surface area contributed by atoms with Crippen LogP contribution in [0, 0.1) is 5.92 Å². The molecule has 0 saturated heterocycles. The van der Waals surface area contributed by atoms with Crippen molar-refractivity contribution in [2.75, 3.05) is 6.54 Å². The minimum atomic E-state index is 0.498. The van der Waals surface area contributed by atoms with Gasteiger partial charge in [-0.2, -0.15) is 0 Å². The molecule has 2 rings (SSSR count). The minimum Gasteiger partial charge on any atom is -0.468 e. The molecule has 102 valence electrons. The van der Waals surface area contributed by atoms with Gasteiger partial charge in [0.15, 0.2) is 0 Å². The van der Waals surface area contributed by atoms with E-state index in [0.29, 0.717) is 12.0 Å². The molecule has 0 aliphatic heterocycles. The molecule has 1 saturated carbocycles. The lowest BCUT2D eigenvalue weighted by Crippen LogP contribution is -2.46. The van der Waals surface area contributed by atoms with Crippen LogP contribution in [-0.2, 0) is 6.54 Å². The third-order valence-electron chi connectivity index (χ3n) is 4.19. The van der Waals surface area contributed by atoms with Crippen molar-refractivity contribution in [2.45, 2.75) is 58.2 Å². The van der Waals surface area contributed by atoms with Gasteiger partial charge in [-0.15, -0.1) is 0 Å². The number of hydrogen-bond donors (Lipinski definition) is 1. The molecule has 3 heteroatoms. The second kappa shape index (κ2) is 6.39. The summed E-state index contributed by atoms with van der Waals surface area (Å²) in [5.74, 6) is 1.76. The molecule has 1 aromatic heterocycles. The Bertz CT molecular complexity index is 328. The molecule has 1 heterocycles. The first-order valence-corrected chi connectivity index (χ1v) is 7.28. The van der Waals surface area contributed by atoms with E-state index in [4.69, 9.17) is 10.2 Å². The SMILES string of the molecule is CCC(CC)C(CN)N(Cc1ccco1)C1CC1. The fourth-order valence-electron chi connectivity index (χ4n) is 2.94. The van der Waals surface area contributed by atoms with Crippen molar-refractivity contribution < 1.29 is 4.42 Å². The van der Waals surface area contributed by atoms with Crippen molar-refractivity contribution in [1.82, 2.24) is 4.90 Å². The van der Waals surface area contributed by atoms with E-state index in [0.717, 1.165) is 24.9 Å². The van der Waals surface area contributed by atoms with E-state index in [1.807, 2.05) is 6.07 Å². The highest BCUT2D eigenvalue weighted by Gasteiger charge is 2.36. The molecule has 0 bridgehead atoms. The molecule has 1 aromatic rings. The molecule has 18 heavy (non-hydrogen) atoms. The van der Waals surface area contributed by atoms with Crippen LogP contribution in [0.3, 0.4) is 0 Å². The number of rotatable bonds is 8. The van der Waals surface area contributed by atoms with Gasteiger partial charge in [0.1, 0.15) is 5.76 Å². The molecule has 0 aromatic carbocycles. The van der Waals surface area contributed by atoms with E-state index in [2.05, 4.69) is 24.8 Å². The van der Waals surface area contributed by atoms with Crippen LogP contribution in [-0.4, -0.2) is 23.5 Å². The highest BCUT2D eigenvalue weighted by molar-refractivity contribution is 5.01. The fraction of sp³-hybridized carbons (Fsp3) is 0.733. The topological polar surface area (TPSA) is 42.4 Å². The number of nitrogens with zero attached hydrogens (tertiary/aromatic N) is 1. The second-order valence-corrected chi connectivity index (χ2v) is 5.36. The average molecular weight is 250 g/mol. The van der Waals surface area contributed by atoms with Crippen molar-refractivity contribution in [3.8, 4) is 0 Å². The first-order valence-electron chi connectivity index (χ1n) is 7.28. The maximum atomic E-state index is 6.05. The zero-order chi connectivity index (χ0) is 13.0. The zero-order valence-electron chi connectivity index (χ0n) is 11.6. The van der Waals surface area contributed by atoms with Crippen molar-refractivity contribution in [3.63, 3.8) is 0 Å². The van der Waals surface area contributed by atoms with E-state index in [9.17, 15) is 0 Å². The van der Waals surface area contributed by atoms with E-state index < -0.39 is 0 Å². The third kappa shape index (κ3) is 3.15. The van der Waals surface area contributed by atoms with E-state index in [1.54, 1.807) is 6.26 Å². The first-order chi connectivity index (χ1) is 8.80. The highest BCUT2D eigenvalue weighted by Crippen LogP contribution is 2.33. The van der Waals surface area contributed by atoms with Crippen molar-refractivity contribution in [2.24, 2.45) is 11.7 Å². The van der Waals surface area contributed by atoms with E-state index in [-0.39, 0.29) is 0 Å². The monoisotopic (exact) mass is 250 g/mol. The Morgan fingerprint density at radius 1 is 1.39 bits per heavy atom. The van der Waals surface area contributed by atoms with Crippen LogP contribution >= 0.6 is 0 Å². The second-order valence-electron chi connectivity index (χ2n) is 5.36. The Balaban J connectivity index is 2.07. The van der Waals surface area contributed by atoms with E-state index >= 15 is 0 Å². The van der Waals surface area contributed by atoms with Crippen molar-refractivity contribution in [1.29, 1.82) is 0 Å². The maximum absolute atomic E-state index is 6.05. The maximum Gasteiger partial charge on any atom is 0.117 e. The van der Waals surface area contributed by atoms with Gasteiger partial charge in [-0.1, -0.05) is 26.7 Å². The molecular weight excluding hydrogens is 224 g/mol. The average Bonchev–Trinajstić information content (AvgIpc) is 3.11. The summed E-state index contributed by atoms with van der Waals surface area (Å²) in [6.45, 7) is 6.21. The molecule has 1 atom stereocenters. The van der Waals surface area contributed by atoms with Gasteiger partial charge in [0.2, 0.25) is 0 Å². The first kappa shape index (κ1) is 13.6. The van der Waals surface area contributed by atoms with Crippen LogP contribution < -0.4 is 5.73 Å². The molecule has 1 aliphatic rings. The Morgan fingerprint density at radius 2 is 2.11 bits per heavy atom. The zero-order valence-corrected chi connectivity index (χ0v) is 11.6. The van der Waals surface area contributed by atoms with Gasteiger partial charge in [0.05, 0.1) is 12.8 Å². The van der Waals surface area contributed by atoms with Gasteiger partial charge in [-0.25, -0.2) is 0 Å². The van der Waals surface area contributed by atoms with Gasteiger partial charge in [-0.05, 0) is 30.9 Å². The molecule has 3 nitrogen and oxygen atoms in total. The van der Waals surface area contributed by atoms with Gasteiger partial charge in [-0.3, -0.25) is 4.90 Å². The van der Waals surface area contributed by atoms with Gasteiger partial charge >= 0.3 is 0 Å². The van der Waals surface area contributed by atoms with Crippen LogP contribution in [0.1, 0.15) is 45.3 Å². The van der Waals surface area contributed by atoms with Gasteiger partial charge in [0, 0.05) is 18.6 Å². The summed E-state index contributed by atoms with van der Waals surface area (Å²) >= 11 is 0.